The van der Waals surface area contributed by atoms with Gasteiger partial charge in [-0.3, -0.25) is 0 Å². The van der Waals surface area contributed by atoms with Crippen molar-refractivity contribution in [2.45, 2.75) is 33.1 Å². The Kier molecular flexibility index (Phi) is 5.60. The molecule has 0 amide bonds. The van der Waals surface area contributed by atoms with Crippen LogP contribution in [0.5, 0.6) is 0 Å². The number of nitrogens with zero attached hydrogens (tertiary/aromatic N) is 1. The molecule has 0 saturated heterocycles. The summed E-state index contributed by atoms with van der Waals surface area (Å²) < 4.78 is 0.912. The van der Waals surface area contributed by atoms with Gasteiger partial charge in [-0.05, 0) is 34.3 Å². The Balaban J connectivity index is 2.27. The van der Waals surface area contributed by atoms with Gasteiger partial charge in [0.05, 0.1) is 5.69 Å². The van der Waals surface area contributed by atoms with Gasteiger partial charge in [-0.1, -0.05) is 26.7 Å². The van der Waals surface area contributed by atoms with E-state index in [2.05, 4.69) is 40.1 Å². The standard InChI is InChI=1S/C12H20BrN3/c1-9(2)5-3-4-6-15-12-11(14)7-10(13)8-16-12/h7-9H,3-6,14H2,1-2H3,(H,15,16). The SMILES string of the molecule is CC(C)CCCCNc1ncc(Br)cc1N. The molecule has 16 heavy (non-hydrogen) atoms. The van der Waals surface area contributed by atoms with E-state index in [1.165, 1.54) is 12.8 Å². The fraction of sp³-hybridized carbons (Fsp3) is 0.583. The minimum atomic E-state index is 0.693. The smallest absolute Gasteiger partial charge is 0.149 e. The van der Waals surface area contributed by atoms with Crippen molar-refractivity contribution in [1.29, 1.82) is 0 Å². The lowest BCUT2D eigenvalue weighted by atomic mass is 10.1. The number of nitrogen functional groups attached to an aromatic ring is 1. The number of rotatable bonds is 6. The molecule has 3 N–H and O–H groups in total. The Morgan fingerprint density at radius 1 is 1.44 bits per heavy atom. The van der Waals surface area contributed by atoms with Crippen molar-refractivity contribution in [2.24, 2.45) is 5.92 Å². The van der Waals surface area contributed by atoms with Crippen molar-refractivity contribution < 1.29 is 0 Å². The summed E-state index contributed by atoms with van der Waals surface area (Å²) in [5, 5.41) is 3.26. The molecule has 0 fully saturated rings. The van der Waals surface area contributed by atoms with Gasteiger partial charge in [-0.15, -0.1) is 0 Å². The summed E-state index contributed by atoms with van der Waals surface area (Å²) in [5.74, 6) is 1.57. The first-order valence-electron chi connectivity index (χ1n) is 5.74. The van der Waals surface area contributed by atoms with Crippen molar-refractivity contribution in [3.63, 3.8) is 0 Å². The molecule has 4 heteroatoms. The predicted molar refractivity (Wildman–Crippen MR) is 73.5 cm³/mol. The van der Waals surface area contributed by atoms with Crippen LogP contribution >= 0.6 is 15.9 Å². The summed E-state index contributed by atoms with van der Waals surface area (Å²) in [5.41, 5.74) is 6.52. The number of unbranched alkanes of at least 4 members (excludes halogenated alkanes) is 1. The Labute approximate surface area is 106 Å². The van der Waals surface area contributed by atoms with Crippen LogP contribution in [0.25, 0.3) is 0 Å². The van der Waals surface area contributed by atoms with Gasteiger partial charge >= 0.3 is 0 Å². The normalized spacial score (nSPS) is 10.8. The first-order chi connectivity index (χ1) is 7.59. The van der Waals surface area contributed by atoms with Crippen LogP contribution in [0.2, 0.25) is 0 Å². The summed E-state index contributed by atoms with van der Waals surface area (Å²) in [6.45, 7) is 5.44. The van der Waals surface area contributed by atoms with E-state index in [0.717, 1.165) is 29.2 Å². The lowest BCUT2D eigenvalue weighted by Gasteiger charge is -2.09. The Morgan fingerprint density at radius 2 is 2.19 bits per heavy atom. The first kappa shape index (κ1) is 13.3. The molecule has 0 aliphatic carbocycles. The van der Waals surface area contributed by atoms with Crippen LogP contribution in [0.4, 0.5) is 11.5 Å². The quantitative estimate of drug-likeness (QED) is 0.785. The molecule has 0 spiro atoms. The third-order valence-corrected chi connectivity index (χ3v) is 2.82. The van der Waals surface area contributed by atoms with Gasteiger partial charge in [-0.25, -0.2) is 4.98 Å². The molecule has 1 rings (SSSR count). The minimum absolute atomic E-state index is 0.693. The molecule has 0 bridgehead atoms. The maximum atomic E-state index is 5.83. The molecule has 0 unspecified atom stereocenters. The molecule has 0 radical (unpaired) electrons. The Morgan fingerprint density at radius 3 is 2.81 bits per heavy atom. The highest BCUT2D eigenvalue weighted by Gasteiger charge is 2.00. The van der Waals surface area contributed by atoms with Crippen molar-refractivity contribution in [1.82, 2.24) is 4.98 Å². The van der Waals surface area contributed by atoms with E-state index in [9.17, 15) is 0 Å². The molecule has 0 atom stereocenters. The van der Waals surface area contributed by atoms with Crippen LogP contribution in [0.15, 0.2) is 16.7 Å². The first-order valence-corrected chi connectivity index (χ1v) is 6.53. The number of nitrogens with one attached hydrogen (secondary N) is 1. The molecule has 0 saturated carbocycles. The summed E-state index contributed by atoms with van der Waals surface area (Å²) >= 11 is 3.33. The summed E-state index contributed by atoms with van der Waals surface area (Å²) in [6.07, 6.45) is 5.45. The summed E-state index contributed by atoms with van der Waals surface area (Å²) in [7, 11) is 0. The number of hydrogen-bond donors (Lipinski definition) is 2. The van der Waals surface area contributed by atoms with E-state index in [0.29, 0.717) is 5.69 Å². The number of aromatic nitrogens is 1. The average Bonchev–Trinajstić information content (AvgIpc) is 2.20. The largest absolute Gasteiger partial charge is 0.396 e. The Hall–Kier alpha value is -0.770. The van der Waals surface area contributed by atoms with Crippen LogP contribution < -0.4 is 11.1 Å². The fourth-order valence-electron chi connectivity index (χ4n) is 1.49. The van der Waals surface area contributed by atoms with E-state index in [-0.39, 0.29) is 0 Å². The topological polar surface area (TPSA) is 50.9 Å². The van der Waals surface area contributed by atoms with E-state index < -0.39 is 0 Å². The molecule has 0 aliphatic heterocycles. The summed E-state index contributed by atoms with van der Waals surface area (Å²) in [6, 6.07) is 1.86. The van der Waals surface area contributed by atoms with Crippen LogP contribution in [-0.4, -0.2) is 11.5 Å². The van der Waals surface area contributed by atoms with Crippen molar-refractivity contribution in [3.8, 4) is 0 Å². The number of halogens is 1. The maximum Gasteiger partial charge on any atom is 0.149 e. The highest BCUT2D eigenvalue weighted by atomic mass is 79.9. The van der Waals surface area contributed by atoms with Gasteiger partial charge in [-0.2, -0.15) is 0 Å². The van der Waals surface area contributed by atoms with Gasteiger partial charge in [0.2, 0.25) is 0 Å². The van der Waals surface area contributed by atoms with E-state index in [1.54, 1.807) is 6.20 Å². The van der Waals surface area contributed by atoms with Gasteiger partial charge in [0.1, 0.15) is 5.82 Å². The second-order valence-electron chi connectivity index (χ2n) is 4.41. The highest BCUT2D eigenvalue weighted by Crippen LogP contribution is 2.19. The fourth-order valence-corrected chi connectivity index (χ4v) is 1.84. The van der Waals surface area contributed by atoms with Crippen molar-refractivity contribution in [2.75, 3.05) is 17.6 Å². The van der Waals surface area contributed by atoms with Crippen LogP contribution in [0, 0.1) is 5.92 Å². The Bertz CT molecular complexity index is 326. The monoisotopic (exact) mass is 285 g/mol. The summed E-state index contributed by atoms with van der Waals surface area (Å²) in [4.78, 5) is 4.23. The number of anilines is 2. The maximum absolute atomic E-state index is 5.83. The average molecular weight is 286 g/mol. The van der Waals surface area contributed by atoms with Crippen molar-refractivity contribution in [3.05, 3.63) is 16.7 Å². The molecule has 90 valence electrons. The van der Waals surface area contributed by atoms with E-state index >= 15 is 0 Å². The molecule has 1 heterocycles. The molecule has 1 aromatic rings. The predicted octanol–water partition coefficient (Wildman–Crippen LogP) is 3.66. The molecular weight excluding hydrogens is 266 g/mol. The number of nitrogens with two attached hydrogens (primary N) is 1. The zero-order chi connectivity index (χ0) is 12.0. The second-order valence-corrected chi connectivity index (χ2v) is 5.32. The molecule has 0 aliphatic rings. The zero-order valence-corrected chi connectivity index (χ0v) is 11.5. The minimum Gasteiger partial charge on any atom is -0.396 e. The molecule has 0 aromatic carbocycles. The molecule has 3 nitrogen and oxygen atoms in total. The van der Waals surface area contributed by atoms with Gasteiger partial charge in [0.25, 0.3) is 0 Å². The van der Waals surface area contributed by atoms with Gasteiger partial charge in [0.15, 0.2) is 0 Å². The zero-order valence-electron chi connectivity index (χ0n) is 9.96. The van der Waals surface area contributed by atoms with Crippen LogP contribution in [-0.2, 0) is 0 Å². The van der Waals surface area contributed by atoms with Crippen LogP contribution in [0.3, 0.4) is 0 Å². The molecule has 1 aromatic heterocycles. The number of hydrogen-bond acceptors (Lipinski definition) is 3. The van der Waals surface area contributed by atoms with Crippen molar-refractivity contribution >= 4 is 27.4 Å². The van der Waals surface area contributed by atoms with E-state index in [1.807, 2.05) is 6.07 Å². The number of pyridine rings is 1. The van der Waals surface area contributed by atoms with Gasteiger partial charge < -0.3 is 11.1 Å². The lowest BCUT2D eigenvalue weighted by Crippen LogP contribution is -2.06. The second kappa shape index (κ2) is 6.74. The van der Waals surface area contributed by atoms with Crippen LogP contribution in [0.1, 0.15) is 33.1 Å². The third kappa shape index (κ3) is 4.84. The van der Waals surface area contributed by atoms with E-state index in [4.69, 9.17) is 5.73 Å². The molecular formula is C12H20BrN3. The lowest BCUT2D eigenvalue weighted by molar-refractivity contribution is 0.544. The highest BCUT2D eigenvalue weighted by molar-refractivity contribution is 9.10. The van der Waals surface area contributed by atoms with Gasteiger partial charge in [0, 0.05) is 17.2 Å². The third-order valence-electron chi connectivity index (χ3n) is 2.38.